The van der Waals surface area contributed by atoms with Crippen molar-refractivity contribution in [1.82, 2.24) is 0 Å². The van der Waals surface area contributed by atoms with E-state index in [4.69, 9.17) is 41.9 Å². The quantitative estimate of drug-likeness (QED) is 0.0810. The van der Waals surface area contributed by atoms with E-state index in [0.717, 1.165) is 0 Å². The molecule has 0 spiro atoms. The van der Waals surface area contributed by atoms with E-state index in [2.05, 4.69) is 18.9 Å². The van der Waals surface area contributed by atoms with Crippen LogP contribution in [0.4, 0.5) is 0 Å². The van der Waals surface area contributed by atoms with Crippen LogP contribution >= 0.6 is 0 Å². The van der Waals surface area contributed by atoms with E-state index in [-0.39, 0.29) is 0 Å². The average Bonchev–Trinajstić information content (AvgIpc) is 3.05. The standard InChI is InChI=1S/C26H34N4O22/c27-9-3-7-15(33)47-25(43)23(41)22(40,49-17(9)35)21(39)24(42,50-18(36)10(28)1-6-14(32)46-23)26(44,51-19(37)11(29)2-5-13(31)45-21)52-20(38)12(30)4-8-16(34)48-25/h9-12,39-44H,1-8,27-30H2/t9-,10-,11-,12-,21-,22-,23-,24-,25?,26?/m1/s1. The first-order valence-corrected chi connectivity index (χ1v) is 15.0. The normalized spacial score (nSPS) is 43.0. The second kappa shape index (κ2) is 13.7. The Morgan fingerprint density at radius 1 is 0.365 bits per heavy atom. The smallest absolute Gasteiger partial charge is 0.419 e. The van der Waals surface area contributed by atoms with Gasteiger partial charge >= 0.3 is 82.8 Å². The molecule has 2 unspecified atom stereocenters. The van der Waals surface area contributed by atoms with Crippen LogP contribution in [0, 0.1) is 0 Å². The number of nitrogens with two attached hydrogens (primary N) is 4. The zero-order valence-corrected chi connectivity index (χ0v) is 26.5. The Kier molecular flexibility index (Phi) is 10.6. The number of carbonyl (C=O) groups is 8. The third-order valence-electron chi connectivity index (χ3n) is 8.09. The second-order valence-electron chi connectivity index (χ2n) is 11.9. The molecule has 4 fully saturated rings. The summed E-state index contributed by atoms with van der Waals surface area (Å²) in [6, 6.07) is -8.71. The molecule has 4 aliphatic heterocycles. The second-order valence-corrected chi connectivity index (χ2v) is 11.9. The molecule has 0 radical (unpaired) electrons. The largest absolute Gasteiger partial charge is 0.451 e. The van der Waals surface area contributed by atoms with Crippen molar-refractivity contribution in [2.45, 2.75) is 111 Å². The average molecular weight is 755 g/mol. The van der Waals surface area contributed by atoms with Gasteiger partial charge in [0.2, 0.25) is 0 Å². The molecule has 26 heteroatoms. The van der Waals surface area contributed by atoms with Crippen LogP contribution in [0.1, 0.15) is 51.4 Å². The Labute approximate surface area is 288 Å². The summed E-state index contributed by atoms with van der Waals surface area (Å²) in [6.45, 7) is 0. The summed E-state index contributed by atoms with van der Waals surface area (Å²) in [5, 5.41) is 72.8. The summed E-state index contributed by atoms with van der Waals surface area (Å²) >= 11 is 0. The number of hydrogen-bond donors (Lipinski definition) is 10. The molecular formula is C26H34N4O22. The SMILES string of the molecule is N[C@@H]1CCC(=O)OC2(O)OC(=O)CC[C@@H](N)C(=O)O[C@]3(O)[C@@]4(O)OC(=O)CC[C@@H](N)C(=O)OC(O)(OC1=O)[C@]4(O)OC(=O)[C@H](N)CCC(=O)O[C@@]23O. The van der Waals surface area contributed by atoms with Crippen LogP contribution < -0.4 is 22.9 Å². The highest BCUT2D eigenvalue weighted by molar-refractivity contribution is 5.82. The fourth-order valence-corrected chi connectivity index (χ4v) is 5.02. The van der Waals surface area contributed by atoms with Crippen LogP contribution in [-0.2, 0) is 76.3 Å². The summed E-state index contributed by atoms with van der Waals surface area (Å²) < 4.78 is 37.8. The van der Waals surface area contributed by atoms with Gasteiger partial charge < -0.3 is 91.5 Å². The molecule has 0 aliphatic carbocycles. The predicted octanol–water partition coefficient (Wildman–Crippen LogP) is -8.14. The van der Waals surface area contributed by atoms with Gasteiger partial charge in [0, 0.05) is 25.7 Å². The zero-order chi connectivity index (χ0) is 39.2. The minimum Gasteiger partial charge on any atom is -0.419 e. The van der Waals surface area contributed by atoms with Crippen LogP contribution in [-0.4, -0.2) is 138 Å². The Hall–Kier alpha value is -4.64. The van der Waals surface area contributed by atoms with Crippen LogP contribution in [0.15, 0.2) is 0 Å². The highest BCUT2D eigenvalue weighted by atomic mass is 16.9. The van der Waals surface area contributed by atoms with E-state index in [1.807, 2.05) is 0 Å². The van der Waals surface area contributed by atoms with Crippen molar-refractivity contribution in [2.24, 2.45) is 22.9 Å². The van der Waals surface area contributed by atoms with Gasteiger partial charge in [0.25, 0.3) is 0 Å². The van der Waals surface area contributed by atoms with E-state index < -0.39 is 158 Å². The summed E-state index contributed by atoms with van der Waals surface area (Å²) in [7, 11) is 0. The molecule has 4 heterocycles. The van der Waals surface area contributed by atoms with Gasteiger partial charge in [-0.25, -0.2) is 0 Å². The Bertz CT molecular complexity index is 1560. The molecule has 26 nitrogen and oxygen atoms in total. The molecule has 290 valence electrons. The molecule has 10 atom stereocenters. The fourth-order valence-electron chi connectivity index (χ4n) is 5.02. The molecule has 0 aromatic heterocycles. The number of aliphatic hydroxyl groups is 6. The van der Waals surface area contributed by atoms with E-state index >= 15 is 0 Å². The third kappa shape index (κ3) is 6.59. The van der Waals surface area contributed by atoms with Crippen molar-refractivity contribution in [2.75, 3.05) is 0 Å². The molecule has 0 amide bonds. The molecular weight excluding hydrogens is 720 g/mol. The maximum atomic E-state index is 13.4. The lowest BCUT2D eigenvalue weighted by atomic mass is 9.84. The lowest BCUT2D eigenvalue weighted by Gasteiger charge is -2.55. The third-order valence-corrected chi connectivity index (χ3v) is 8.09. The summed E-state index contributed by atoms with van der Waals surface area (Å²) in [5.74, 6) is -47.5. The van der Waals surface area contributed by atoms with E-state index in [1.165, 1.54) is 0 Å². The number of ether oxygens (including phenoxy) is 8. The van der Waals surface area contributed by atoms with Crippen LogP contribution in [0.3, 0.4) is 0 Å². The van der Waals surface area contributed by atoms with E-state index in [1.54, 1.807) is 0 Å². The van der Waals surface area contributed by atoms with E-state index in [0.29, 0.717) is 0 Å². The Morgan fingerprint density at radius 2 is 0.596 bits per heavy atom. The first-order chi connectivity index (χ1) is 23.9. The first-order valence-electron chi connectivity index (χ1n) is 15.0. The maximum Gasteiger partial charge on any atom is 0.451 e. The molecule has 4 aliphatic rings. The highest BCUT2D eigenvalue weighted by Crippen LogP contribution is 2.53. The number of hydrogen-bond acceptors (Lipinski definition) is 26. The molecule has 14 N–H and O–H groups in total. The molecule has 0 saturated carbocycles. The number of carbonyl (C=O) groups excluding carboxylic acids is 8. The predicted molar refractivity (Wildman–Crippen MR) is 147 cm³/mol. The first kappa shape index (κ1) is 40.1. The van der Waals surface area contributed by atoms with Gasteiger partial charge in [-0.2, -0.15) is 0 Å². The minimum absolute atomic E-state index is 0.881. The highest BCUT2D eigenvalue weighted by Gasteiger charge is 2.92. The van der Waals surface area contributed by atoms with Gasteiger partial charge in [0.05, 0.1) is 0 Å². The number of esters is 8. The van der Waals surface area contributed by atoms with Crippen molar-refractivity contribution in [3.05, 3.63) is 0 Å². The van der Waals surface area contributed by atoms with Gasteiger partial charge in [0.1, 0.15) is 24.2 Å². The van der Waals surface area contributed by atoms with Crippen molar-refractivity contribution in [1.29, 1.82) is 0 Å². The summed E-state index contributed by atoms with van der Waals surface area (Å²) in [5.41, 5.74) is 22.7. The molecule has 52 heavy (non-hydrogen) atoms. The van der Waals surface area contributed by atoms with Gasteiger partial charge in [-0.3, -0.25) is 38.4 Å². The number of rotatable bonds is 0. The van der Waals surface area contributed by atoms with Crippen molar-refractivity contribution >= 4 is 47.8 Å². The lowest BCUT2D eigenvalue weighted by molar-refractivity contribution is -0.584. The molecule has 4 saturated heterocycles. The Balaban J connectivity index is 2.31. The monoisotopic (exact) mass is 754 g/mol. The molecule has 4 rings (SSSR count). The van der Waals surface area contributed by atoms with Crippen molar-refractivity contribution < 1.29 is 107 Å². The van der Waals surface area contributed by atoms with Gasteiger partial charge in [-0.15, -0.1) is 0 Å². The fraction of sp³-hybridized carbons (Fsp3) is 0.692. The topological polar surface area (TPSA) is 436 Å². The zero-order valence-electron chi connectivity index (χ0n) is 26.5. The van der Waals surface area contributed by atoms with Crippen molar-refractivity contribution in [3.63, 3.8) is 0 Å². The Morgan fingerprint density at radius 3 is 0.962 bits per heavy atom. The van der Waals surface area contributed by atoms with Gasteiger partial charge in [-0.1, -0.05) is 0 Å². The molecule has 6 bridgehead atoms. The van der Waals surface area contributed by atoms with Crippen molar-refractivity contribution in [3.8, 4) is 0 Å². The van der Waals surface area contributed by atoms with Gasteiger partial charge in [-0.05, 0) is 25.7 Å². The van der Waals surface area contributed by atoms with Crippen LogP contribution in [0.2, 0.25) is 0 Å². The summed E-state index contributed by atoms with van der Waals surface area (Å²) in [6.07, 6.45) is -8.50. The minimum atomic E-state index is -5.48. The molecule has 0 aromatic carbocycles. The lowest BCUT2D eigenvalue weighted by Crippen LogP contribution is -2.88. The van der Waals surface area contributed by atoms with E-state index in [9.17, 15) is 69.0 Å². The van der Waals surface area contributed by atoms with Crippen LogP contribution in [0.25, 0.3) is 0 Å². The summed E-state index contributed by atoms with van der Waals surface area (Å²) in [4.78, 5) is 105. The van der Waals surface area contributed by atoms with Gasteiger partial charge in [0.15, 0.2) is 0 Å². The van der Waals surface area contributed by atoms with Crippen LogP contribution in [0.5, 0.6) is 0 Å². The maximum absolute atomic E-state index is 13.4. The molecule has 0 aromatic rings.